The average Bonchev–Trinajstić information content (AvgIpc) is 2.96. The summed E-state index contributed by atoms with van der Waals surface area (Å²) in [6.07, 6.45) is 6.56. The largest absolute Gasteiger partial charge is 0.296 e. The van der Waals surface area contributed by atoms with Crippen molar-refractivity contribution >= 4 is 34.2 Å². The molecule has 1 fully saturated rings. The Kier molecular flexibility index (Phi) is 3.53. The standard InChI is InChI=1S/C18H19ClN2O/c19-15-8-4-7-13-11-14-9-10-21(17(14)20-16(13)15)18(22)12-5-2-1-3-6-12/h4,7-8,11-12H,1-3,5-6,9-10H2. The van der Waals surface area contributed by atoms with Crippen molar-refractivity contribution in [1.29, 1.82) is 0 Å². The summed E-state index contributed by atoms with van der Waals surface area (Å²) in [6.45, 7) is 0.756. The smallest absolute Gasteiger partial charge is 0.231 e. The molecule has 1 aliphatic heterocycles. The van der Waals surface area contributed by atoms with Crippen molar-refractivity contribution in [3.8, 4) is 0 Å². The summed E-state index contributed by atoms with van der Waals surface area (Å²) >= 11 is 6.27. The van der Waals surface area contributed by atoms with Crippen LogP contribution < -0.4 is 4.90 Å². The van der Waals surface area contributed by atoms with Gasteiger partial charge in [0.05, 0.1) is 10.5 Å². The van der Waals surface area contributed by atoms with Gasteiger partial charge in [0.2, 0.25) is 5.91 Å². The maximum Gasteiger partial charge on any atom is 0.231 e. The Labute approximate surface area is 135 Å². The number of para-hydroxylation sites is 1. The number of anilines is 1. The molecule has 0 bridgehead atoms. The Bertz CT molecular complexity index is 737. The fourth-order valence-corrected chi connectivity index (χ4v) is 3.96. The lowest BCUT2D eigenvalue weighted by Gasteiger charge is -2.26. The van der Waals surface area contributed by atoms with Crippen LogP contribution >= 0.6 is 11.6 Å². The van der Waals surface area contributed by atoms with Crippen molar-refractivity contribution in [2.24, 2.45) is 5.92 Å². The highest BCUT2D eigenvalue weighted by molar-refractivity contribution is 6.35. The Balaban J connectivity index is 1.72. The number of amides is 1. The van der Waals surface area contributed by atoms with Crippen molar-refractivity contribution in [3.63, 3.8) is 0 Å². The molecule has 22 heavy (non-hydrogen) atoms. The molecule has 0 atom stereocenters. The molecule has 0 radical (unpaired) electrons. The molecule has 2 aromatic rings. The van der Waals surface area contributed by atoms with E-state index in [4.69, 9.17) is 16.6 Å². The number of hydrogen-bond acceptors (Lipinski definition) is 2. The summed E-state index contributed by atoms with van der Waals surface area (Å²) in [7, 11) is 0. The lowest BCUT2D eigenvalue weighted by Crippen LogP contribution is -2.36. The molecule has 0 unspecified atom stereocenters. The maximum absolute atomic E-state index is 12.8. The van der Waals surface area contributed by atoms with E-state index < -0.39 is 0 Å². The highest BCUT2D eigenvalue weighted by Crippen LogP contribution is 2.34. The fraction of sp³-hybridized carbons (Fsp3) is 0.444. The number of aromatic nitrogens is 1. The summed E-state index contributed by atoms with van der Waals surface area (Å²) in [4.78, 5) is 19.5. The second-order valence-electron chi connectivity index (χ2n) is 6.36. The van der Waals surface area contributed by atoms with E-state index in [0.29, 0.717) is 5.02 Å². The first-order valence-electron chi connectivity index (χ1n) is 8.13. The molecule has 2 heterocycles. The summed E-state index contributed by atoms with van der Waals surface area (Å²) in [5.41, 5.74) is 1.96. The van der Waals surface area contributed by atoms with Crippen LogP contribution in [0.5, 0.6) is 0 Å². The van der Waals surface area contributed by atoms with Crippen molar-refractivity contribution in [2.75, 3.05) is 11.4 Å². The predicted octanol–water partition coefficient (Wildman–Crippen LogP) is 4.36. The molecule has 1 saturated carbocycles. The van der Waals surface area contributed by atoms with Crippen LogP contribution in [0.1, 0.15) is 37.7 Å². The molecule has 0 spiro atoms. The van der Waals surface area contributed by atoms with Crippen LogP contribution in [0.4, 0.5) is 5.82 Å². The molecule has 0 saturated heterocycles. The number of carbonyl (C=O) groups excluding carboxylic acids is 1. The summed E-state index contributed by atoms with van der Waals surface area (Å²) in [5, 5.41) is 1.70. The minimum absolute atomic E-state index is 0.184. The van der Waals surface area contributed by atoms with Crippen LogP contribution in [0.2, 0.25) is 5.02 Å². The SMILES string of the molecule is O=C(C1CCCCC1)N1CCc2cc3cccc(Cl)c3nc21. The Morgan fingerprint density at radius 3 is 2.86 bits per heavy atom. The molecule has 2 aliphatic rings. The lowest BCUT2D eigenvalue weighted by molar-refractivity contribution is -0.123. The van der Waals surface area contributed by atoms with Crippen molar-refractivity contribution in [2.45, 2.75) is 38.5 Å². The second-order valence-corrected chi connectivity index (χ2v) is 6.76. The number of rotatable bonds is 1. The third kappa shape index (κ3) is 2.28. The zero-order chi connectivity index (χ0) is 15.1. The quantitative estimate of drug-likeness (QED) is 0.783. The first-order chi connectivity index (χ1) is 10.7. The summed E-state index contributed by atoms with van der Waals surface area (Å²) in [6, 6.07) is 7.96. The normalized spacial score (nSPS) is 18.7. The zero-order valence-corrected chi connectivity index (χ0v) is 13.3. The number of hydrogen-bond donors (Lipinski definition) is 0. The molecular formula is C18H19ClN2O. The molecule has 1 aromatic carbocycles. The van der Waals surface area contributed by atoms with E-state index in [-0.39, 0.29) is 11.8 Å². The van der Waals surface area contributed by atoms with E-state index in [1.54, 1.807) is 0 Å². The highest BCUT2D eigenvalue weighted by Gasteiger charge is 2.32. The van der Waals surface area contributed by atoms with Crippen LogP contribution in [0, 0.1) is 5.92 Å². The molecular weight excluding hydrogens is 296 g/mol. The number of pyridine rings is 1. The Morgan fingerprint density at radius 2 is 2.05 bits per heavy atom. The van der Waals surface area contributed by atoms with Gasteiger partial charge in [-0.15, -0.1) is 0 Å². The van der Waals surface area contributed by atoms with Crippen molar-refractivity contribution in [1.82, 2.24) is 4.98 Å². The van der Waals surface area contributed by atoms with Crippen LogP contribution in [0.15, 0.2) is 24.3 Å². The lowest BCUT2D eigenvalue weighted by atomic mass is 9.88. The zero-order valence-electron chi connectivity index (χ0n) is 12.5. The molecule has 114 valence electrons. The van der Waals surface area contributed by atoms with Crippen molar-refractivity contribution < 1.29 is 4.79 Å². The van der Waals surface area contributed by atoms with Crippen LogP contribution in [0.3, 0.4) is 0 Å². The molecule has 3 nitrogen and oxygen atoms in total. The highest BCUT2D eigenvalue weighted by atomic mass is 35.5. The predicted molar refractivity (Wildman–Crippen MR) is 89.4 cm³/mol. The first-order valence-corrected chi connectivity index (χ1v) is 8.51. The number of carbonyl (C=O) groups is 1. The van der Waals surface area contributed by atoms with E-state index >= 15 is 0 Å². The van der Waals surface area contributed by atoms with E-state index in [0.717, 1.165) is 42.5 Å². The first kappa shape index (κ1) is 14.0. The van der Waals surface area contributed by atoms with Crippen LogP contribution in [-0.4, -0.2) is 17.4 Å². The Morgan fingerprint density at radius 1 is 1.23 bits per heavy atom. The van der Waals surface area contributed by atoms with Gasteiger partial charge in [-0.1, -0.05) is 43.0 Å². The summed E-state index contributed by atoms with van der Waals surface area (Å²) < 4.78 is 0. The molecule has 1 aromatic heterocycles. The number of halogens is 1. The molecule has 0 N–H and O–H groups in total. The van der Waals surface area contributed by atoms with E-state index in [1.807, 2.05) is 23.1 Å². The van der Waals surface area contributed by atoms with Gasteiger partial charge in [0.15, 0.2) is 0 Å². The van der Waals surface area contributed by atoms with Gasteiger partial charge in [0.1, 0.15) is 5.82 Å². The van der Waals surface area contributed by atoms with Crippen molar-refractivity contribution in [3.05, 3.63) is 34.9 Å². The van der Waals surface area contributed by atoms with Gasteiger partial charge in [-0.3, -0.25) is 9.69 Å². The minimum atomic E-state index is 0.184. The third-order valence-corrected chi connectivity index (χ3v) is 5.24. The minimum Gasteiger partial charge on any atom is -0.296 e. The molecule has 1 amide bonds. The third-order valence-electron chi connectivity index (χ3n) is 4.93. The average molecular weight is 315 g/mol. The van der Waals surface area contributed by atoms with Gasteiger partial charge >= 0.3 is 0 Å². The maximum atomic E-state index is 12.8. The van der Waals surface area contributed by atoms with Gasteiger partial charge in [0, 0.05) is 17.8 Å². The molecule has 4 heteroatoms. The molecule has 4 rings (SSSR count). The Hall–Kier alpha value is -1.61. The molecule has 1 aliphatic carbocycles. The number of nitrogens with zero attached hydrogens (tertiary/aromatic N) is 2. The second kappa shape index (κ2) is 5.54. The van der Waals surface area contributed by atoms with Crippen LogP contribution in [-0.2, 0) is 11.2 Å². The number of fused-ring (bicyclic) bond motifs is 2. The van der Waals surface area contributed by atoms with E-state index in [2.05, 4.69) is 6.07 Å². The van der Waals surface area contributed by atoms with E-state index in [1.165, 1.54) is 24.8 Å². The number of benzene rings is 1. The van der Waals surface area contributed by atoms with Gasteiger partial charge < -0.3 is 0 Å². The van der Waals surface area contributed by atoms with Gasteiger partial charge in [-0.25, -0.2) is 4.98 Å². The monoisotopic (exact) mass is 314 g/mol. The van der Waals surface area contributed by atoms with Crippen LogP contribution in [0.25, 0.3) is 10.9 Å². The van der Waals surface area contributed by atoms with Gasteiger partial charge in [0.25, 0.3) is 0 Å². The fourth-order valence-electron chi connectivity index (χ4n) is 3.74. The van der Waals surface area contributed by atoms with Gasteiger partial charge in [-0.2, -0.15) is 0 Å². The summed E-state index contributed by atoms with van der Waals surface area (Å²) in [5.74, 6) is 1.27. The van der Waals surface area contributed by atoms with Gasteiger partial charge in [-0.05, 0) is 37.0 Å². The topological polar surface area (TPSA) is 33.2 Å². The van der Waals surface area contributed by atoms with E-state index in [9.17, 15) is 4.79 Å².